The van der Waals surface area contributed by atoms with Crippen LogP contribution < -0.4 is 25.4 Å². The van der Waals surface area contributed by atoms with Crippen LogP contribution in [0.25, 0.3) is 6.08 Å². The van der Waals surface area contributed by atoms with Crippen LogP contribution in [0.1, 0.15) is 51.3 Å². The van der Waals surface area contributed by atoms with Gasteiger partial charge in [0, 0.05) is 6.08 Å². The molecule has 1 fully saturated rings. The number of ketones is 1. The number of ether oxygens (including phenoxy) is 2. The minimum absolute atomic E-state index is 0.149. The SMILES string of the molecule is C[C@@H]1C(=O)NC(=O)C1C(=O)[C@@H](NC(=O)C[C@H](NC(=O)/C=C/c1ccc2c(c1)OCO2)c1ccccc1)C(C)(C)C. The van der Waals surface area contributed by atoms with Crippen LogP contribution in [0.3, 0.4) is 0 Å². The van der Waals surface area contributed by atoms with Crippen molar-refractivity contribution in [3.05, 3.63) is 65.7 Å². The molecule has 10 nitrogen and oxygen atoms in total. The molecule has 0 spiro atoms. The number of Topliss-reactive ketones (excluding diaryl/α,β-unsaturated/α-hetero) is 1. The van der Waals surface area contributed by atoms with Gasteiger partial charge in [0.15, 0.2) is 17.3 Å². The summed E-state index contributed by atoms with van der Waals surface area (Å²) < 4.78 is 10.7. The van der Waals surface area contributed by atoms with E-state index in [1.165, 1.54) is 13.0 Å². The number of fused-ring (bicyclic) bond motifs is 1. The van der Waals surface area contributed by atoms with Crippen molar-refractivity contribution < 1.29 is 33.4 Å². The third-order valence-corrected chi connectivity index (χ3v) is 6.94. The molecule has 4 amide bonds. The van der Waals surface area contributed by atoms with Crippen LogP contribution in [0.15, 0.2) is 54.6 Å². The second kappa shape index (κ2) is 11.7. The lowest BCUT2D eigenvalue weighted by molar-refractivity contribution is -0.138. The lowest BCUT2D eigenvalue weighted by atomic mass is 9.77. The number of carbonyl (C=O) groups excluding carboxylic acids is 5. The van der Waals surface area contributed by atoms with Gasteiger partial charge in [-0.3, -0.25) is 29.3 Å². The first-order valence-electron chi connectivity index (χ1n) is 13.0. The smallest absolute Gasteiger partial charge is 0.244 e. The molecule has 0 radical (unpaired) electrons. The molecule has 40 heavy (non-hydrogen) atoms. The molecule has 1 unspecified atom stereocenters. The van der Waals surface area contributed by atoms with Gasteiger partial charge in [-0.05, 0) is 34.8 Å². The van der Waals surface area contributed by atoms with E-state index in [0.717, 1.165) is 5.56 Å². The van der Waals surface area contributed by atoms with Gasteiger partial charge in [0.2, 0.25) is 30.4 Å². The van der Waals surface area contributed by atoms with Gasteiger partial charge in [0.1, 0.15) is 5.92 Å². The highest BCUT2D eigenvalue weighted by atomic mass is 16.7. The molecule has 4 atom stereocenters. The Morgan fingerprint density at radius 2 is 1.70 bits per heavy atom. The van der Waals surface area contributed by atoms with Gasteiger partial charge in [-0.15, -0.1) is 0 Å². The van der Waals surface area contributed by atoms with Gasteiger partial charge < -0.3 is 20.1 Å². The fourth-order valence-electron chi connectivity index (χ4n) is 4.71. The van der Waals surface area contributed by atoms with E-state index >= 15 is 0 Å². The van der Waals surface area contributed by atoms with Crippen molar-refractivity contribution in [2.24, 2.45) is 17.3 Å². The van der Waals surface area contributed by atoms with E-state index in [4.69, 9.17) is 9.47 Å². The first-order chi connectivity index (χ1) is 18.9. The Morgan fingerprint density at radius 1 is 1.00 bits per heavy atom. The van der Waals surface area contributed by atoms with Crippen molar-refractivity contribution >= 4 is 35.5 Å². The van der Waals surface area contributed by atoms with Gasteiger partial charge >= 0.3 is 0 Å². The van der Waals surface area contributed by atoms with Crippen molar-refractivity contribution in [3.63, 3.8) is 0 Å². The number of hydrogen-bond acceptors (Lipinski definition) is 7. The molecule has 1 saturated heterocycles. The molecule has 4 rings (SSSR count). The molecule has 0 aromatic heterocycles. The molecule has 210 valence electrons. The average molecular weight is 548 g/mol. The number of imide groups is 1. The second-order valence-electron chi connectivity index (χ2n) is 11.0. The number of benzene rings is 2. The van der Waals surface area contributed by atoms with Crippen molar-refractivity contribution in [3.8, 4) is 11.5 Å². The molecule has 0 aliphatic carbocycles. The second-order valence-corrected chi connectivity index (χ2v) is 11.0. The number of rotatable bonds is 9. The molecule has 0 bridgehead atoms. The zero-order valence-electron chi connectivity index (χ0n) is 22.9. The molecule has 2 aliphatic rings. The van der Waals surface area contributed by atoms with Crippen molar-refractivity contribution in [1.29, 1.82) is 0 Å². The Bertz CT molecular complexity index is 1350. The first kappa shape index (κ1) is 28.5. The Morgan fingerprint density at radius 3 is 2.35 bits per heavy atom. The molecule has 0 saturated carbocycles. The van der Waals surface area contributed by atoms with E-state index in [1.54, 1.807) is 69.3 Å². The Balaban J connectivity index is 1.47. The summed E-state index contributed by atoms with van der Waals surface area (Å²) in [6.07, 6.45) is 2.84. The average Bonchev–Trinajstić information content (AvgIpc) is 3.47. The highest BCUT2D eigenvalue weighted by Crippen LogP contribution is 2.33. The van der Waals surface area contributed by atoms with Crippen molar-refractivity contribution in [2.75, 3.05) is 6.79 Å². The van der Waals surface area contributed by atoms with Gasteiger partial charge in [-0.1, -0.05) is 64.1 Å². The monoisotopic (exact) mass is 547 g/mol. The normalized spacial score (nSPS) is 19.7. The van der Waals surface area contributed by atoms with E-state index in [9.17, 15) is 24.0 Å². The van der Waals surface area contributed by atoms with Gasteiger partial charge in [-0.25, -0.2) is 0 Å². The molecule has 2 heterocycles. The zero-order valence-corrected chi connectivity index (χ0v) is 22.9. The summed E-state index contributed by atoms with van der Waals surface area (Å²) in [6.45, 7) is 6.98. The summed E-state index contributed by atoms with van der Waals surface area (Å²) in [5.41, 5.74) is 0.705. The highest BCUT2D eigenvalue weighted by Gasteiger charge is 2.48. The van der Waals surface area contributed by atoms with Crippen LogP contribution in [0.2, 0.25) is 0 Å². The maximum atomic E-state index is 13.4. The third-order valence-electron chi connectivity index (χ3n) is 6.94. The maximum absolute atomic E-state index is 13.4. The van der Waals surface area contributed by atoms with Crippen LogP contribution >= 0.6 is 0 Å². The van der Waals surface area contributed by atoms with Crippen LogP contribution in [-0.2, 0) is 24.0 Å². The molecular formula is C30H33N3O7. The molecule has 2 aromatic rings. The van der Waals surface area contributed by atoms with Gasteiger partial charge in [-0.2, -0.15) is 0 Å². The van der Waals surface area contributed by atoms with Crippen LogP contribution in [0.5, 0.6) is 11.5 Å². The summed E-state index contributed by atoms with van der Waals surface area (Å²) in [6, 6.07) is 12.6. The highest BCUT2D eigenvalue weighted by molar-refractivity contribution is 6.16. The van der Waals surface area contributed by atoms with E-state index < -0.39 is 58.7 Å². The fourth-order valence-corrected chi connectivity index (χ4v) is 4.71. The molecule has 2 aliphatic heterocycles. The number of nitrogens with one attached hydrogen (secondary N) is 3. The minimum Gasteiger partial charge on any atom is -0.454 e. The summed E-state index contributed by atoms with van der Waals surface area (Å²) in [7, 11) is 0. The summed E-state index contributed by atoms with van der Waals surface area (Å²) in [5.74, 6) is -3.37. The van der Waals surface area contributed by atoms with Crippen molar-refractivity contribution in [2.45, 2.75) is 46.2 Å². The van der Waals surface area contributed by atoms with E-state index in [0.29, 0.717) is 17.1 Å². The number of amides is 4. The largest absolute Gasteiger partial charge is 0.454 e. The fraction of sp³-hybridized carbons (Fsp3) is 0.367. The Kier molecular flexibility index (Phi) is 8.37. The van der Waals surface area contributed by atoms with Crippen LogP contribution in [0.4, 0.5) is 0 Å². The van der Waals surface area contributed by atoms with E-state index in [1.807, 2.05) is 6.07 Å². The van der Waals surface area contributed by atoms with Gasteiger partial charge in [0.05, 0.1) is 24.4 Å². The topological polar surface area (TPSA) is 140 Å². The summed E-state index contributed by atoms with van der Waals surface area (Å²) in [5, 5.41) is 7.83. The standard InChI is InChI=1S/C30H33N3O7/c1-17-25(29(38)33-28(17)37)26(36)27(30(2,3)4)32-24(35)15-20(19-8-6-5-7-9-19)31-23(34)13-11-18-10-12-21-22(14-18)40-16-39-21/h5-14,17,20,25,27H,15-16H2,1-4H3,(H,31,34)(H,32,35)(H,33,37,38)/b13-11+/t17-,20-,25?,27+/m0/s1. The number of carbonyl (C=O) groups is 5. The third kappa shape index (κ3) is 6.56. The van der Waals surface area contributed by atoms with Gasteiger partial charge in [0.25, 0.3) is 0 Å². The Labute approximate surface area is 232 Å². The number of hydrogen-bond donors (Lipinski definition) is 3. The van der Waals surface area contributed by atoms with Crippen molar-refractivity contribution in [1.82, 2.24) is 16.0 Å². The molecular weight excluding hydrogens is 514 g/mol. The quantitative estimate of drug-likeness (QED) is 0.249. The molecule has 10 heteroatoms. The molecule has 3 N–H and O–H groups in total. The van der Waals surface area contributed by atoms with E-state index in [2.05, 4.69) is 16.0 Å². The maximum Gasteiger partial charge on any atom is 0.244 e. The molecule has 2 aromatic carbocycles. The summed E-state index contributed by atoms with van der Waals surface area (Å²) >= 11 is 0. The van der Waals surface area contributed by atoms with Crippen LogP contribution in [0, 0.1) is 17.3 Å². The zero-order chi connectivity index (χ0) is 29.0. The summed E-state index contributed by atoms with van der Waals surface area (Å²) in [4.78, 5) is 63.8. The van der Waals surface area contributed by atoms with Crippen LogP contribution in [-0.4, -0.2) is 42.2 Å². The first-order valence-corrected chi connectivity index (χ1v) is 13.0. The predicted molar refractivity (Wildman–Crippen MR) is 146 cm³/mol. The minimum atomic E-state index is -1.18. The van der Waals surface area contributed by atoms with E-state index in [-0.39, 0.29) is 13.2 Å². The lowest BCUT2D eigenvalue weighted by Crippen LogP contribution is -2.53. The predicted octanol–water partition coefficient (Wildman–Crippen LogP) is 2.68. The Hall–Kier alpha value is -4.47. The lowest BCUT2D eigenvalue weighted by Gasteiger charge is -2.32.